The van der Waals surface area contributed by atoms with Crippen LogP contribution in [0.5, 0.6) is 0 Å². The van der Waals surface area contributed by atoms with Crippen LogP contribution in [0.25, 0.3) is 0 Å². The van der Waals surface area contributed by atoms with Crippen LogP contribution >= 0.6 is 0 Å². The molecule has 1 heterocycles. The quantitative estimate of drug-likeness (QED) is 0.137. The number of aliphatic hydroxyl groups excluding tert-OH is 1. The van der Waals surface area contributed by atoms with Crippen molar-refractivity contribution in [3.63, 3.8) is 0 Å². The van der Waals surface area contributed by atoms with Crippen LogP contribution in [-0.4, -0.2) is 81.2 Å². The molecule has 0 saturated heterocycles. The highest BCUT2D eigenvalue weighted by Crippen LogP contribution is 2.05. The van der Waals surface area contributed by atoms with E-state index in [1.807, 2.05) is 0 Å². The smallest absolute Gasteiger partial charge is 0.328 e. The zero-order valence-corrected chi connectivity index (χ0v) is 17.3. The highest BCUT2D eigenvalue weighted by Gasteiger charge is 2.30. The number of rotatable bonds is 14. The molecule has 0 aliphatic heterocycles. The van der Waals surface area contributed by atoms with Crippen LogP contribution in [0.4, 0.5) is 0 Å². The molecule has 13 heteroatoms. The van der Waals surface area contributed by atoms with E-state index in [0.717, 1.165) is 0 Å². The summed E-state index contributed by atoms with van der Waals surface area (Å²) < 4.78 is 0. The van der Waals surface area contributed by atoms with Gasteiger partial charge in [0.1, 0.15) is 18.1 Å². The highest BCUT2D eigenvalue weighted by molar-refractivity contribution is 5.94. The second-order valence-corrected chi connectivity index (χ2v) is 7.06. The van der Waals surface area contributed by atoms with Crippen LogP contribution in [0.3, 0.4) is 0 Å². The minimum Gasteiger partial charge on any atom is -0.480 e. The number of imidazole rings is 1. The Morgan fingerprint density at radius 2 is 1.68 bits per heavy atom. The number of aliphatic carboxylic acids is 1. The van der Waals surface area contributed by atoms with E-state index in [9.17, 15) is 19.2 Å². The predicted octanol–water partition coefficient (Wildman–Crippen LogP) is -3.04. The minimum absolute atomic E-state index is 0.0217. The number of hydrogen-bond acceptors (Lipinski definition) is 8. The van der Waals surface area contributed by atoms with Crippen LogP contribution in [0.15, 0.2) is 12.5 Å². The number of H-pyrrole nitrogens is 1. The van der Waals surface area contributed by atoms with E-state index in [2.05, 4.69) is 25.9 Å². The molecule has 13 nitrogen and oxygen atoms in total. The van der Waals surface area contributed by atoms with E-state index >= 15 is 0 Å². The summed E-state index contributed by atoms with van der Waals surface area (Å²) in [6.07, 6.45) is 4.27. The standard InChI is InChI=1S/C18H31N7O6/c1-10(20)15(27)23-12(4-2-3-5-19)16(28)24-13(6-11-7-21-9-22-11)17(29)25-14(8-26)18(30)31/h7,9-10,12-14,26H,2-6,8,19-20H2,1H3,(H,21,22)(H,23,27)(H,24,28)(H,25,29)(H,30,31). The number of nitrogens with zero attached hydrogens (tertiary/aromatic N) is 1. The second-order valence-electron chi connectivity index (χ2n) is 7.06. The van der Waals surface area contributed by atoms with Crippen LogP contribution in [-0.2, 0) is 25.6 Å². The Labute approximate surface area is 179 Å². The van der Waals surface area contributed by atoms with Crippen molar-refractivity contribution in [1.29, 1.82) is 0 Å². The number of aromatic nitrogens is 2. The maximum atomic E-state index is 12.9. The van der Waals surface area contributed by atoms with Gasteiger partial charge in [-0.3, -0.25) is 14.4 Å². The summed E-state index contributed by atoms with van der Waals surface area (Å²) in [6.45, 7) is 1.07. The van der Waals surface area contributed by atoms with Crippen LogP contribution in [0.1, 0.15) is 31.9 Å². The first kappa shape index (κ1) is 26.0. The first-order chi connectivity index (χ1) is 14.7. The Balaban J connectivity index is 2.98. The molecule has 10 N–H and O–H groups in total. The Morgan fingerprint density at radius 3 is 2.19 bits per heavy atom. The Bertz CT molecular complexity index is 725. The highest BCUT2D eigenvalue weighted by atomic mass is 16.4. The average Bonchev–Trinajstić information content (AvgIpc) is 3.23. The molecule has 0 aromatic carbocycles. The number of nitrogens with two attached hydrogens (primary N) is 2. The topological polar surface area (TPSA) is 226 Å². The van der Waals surface area contributed by atoms with Gasteiger partial charge in [-0.25, -0.2) is 9.78 Å². The fourth-order valence-corrected chi connectivity index (χ4v) is 2.62. The molecule has 1 rings (SSSR count). The molecule has 0 radical (unpaired) electrons. The number of carbonyl (C=O) groups is 4. The summed E-state index contributed by atoms with van der Waals surface area (Å²) in [5.74, 6) is -3.41. The Hall–Kier alpha value is -3.03. The first-order valence-electron chi connectivity index (χ1n) is 9.87. The first-order valence-corrected chi connectivity index (χ1v) is 9.87. The number of nitrogens with one attached hydrogen (secondary N) is 4. The summed E-state index contributed by atoms with van der Waals surface area (Å²) >= 11 is 0. The molecule has 1 aromatic rings. The van der Waals surface area contributed by atoms with E-state index < -0.39 is 54.5 Å². The van der Waals surface area contributed by atoms with Crippen molar-refractivity contribution in [3.05, 3.63) is 18.2 Å². The number of carboxylic acids is 1. The van der Waals surface area contributed by atoms with Crippen molar-refractivity contribution >= 4 is 23.7 Å². The van der Waals surface area contributed by atoms with Crippen molar-refractivity contribution in [2.45, 2.75) is 56.8 Å². The molecule has 4 atom stereocenters. The number of hydrogen-bond donors (Lipinski definition) is 8. The molecule has 0 fully saturated rings. The van der Waals surface area contributed by atoms with Crippen molar-refractivity contribution < 1.29 is 29.4 Å². The molecule has 174 valence electrons. The van der Waals surface area contributed by atoms with Gasteiger partial charge in [-0.2, -0.15) is 0 Å². The molecule has 0 saturated carbocycles. The molecular formula is C18H31N7O6. The number of carboxylic acid groups (broad SMARTS) is 1. The third-order valence-electron chi connectivity index (χ3n) is 4.40. The summed E-state index contributed by atoms with van der Waals surface area (Å²) in [4.78, 5) is 55.3. The zero-order chi connectivity index (χ0) is 23.4. The van der Waals surface area contributed by atoms with Gasteiger partial charge in [-0.15, -0.1) is 0 Å². The third kappa shape index (κ3) is 9.11. The lowest BCUT2D eigenvalue weighted by Gasteiger charge is -2.24. The van der Waals surface area contributed by atoms with Crippen LogP contribution in [0, 0.1) is 0 Å². The molecule has 0 spiro atoms. The molecular weight excluding hydrogens is 410 g/mol. The van der Waals surface area contributed by atoms with Gasteiger partial charge in [0.25, 0.3) is 0 Å². The van der Waals surface area contributed by atoms with Crippen molar-refractivity contribution in [2.75, 3.05) is 13.2 Å². The van der Waals surface area contributed by atoms with Crippen molar-refractivity contribution in [2.24, 2.45) is 11.5 Å². The summed E-state index contributed by atoms with van der Waals surface area (Å²) in [5, 5.41) is 25.5. The van der Waals surface area contributed by atoms with Crippen molar-refractivity contribution in [3.8, 4) is 0 Å². The summed E-state index contributed by atoms with van der Waals surface area (Å²) in [6, 6.07) is -4.53. The van der Waals surface area contributed by atoms with E-state index in [-0.39, 0.29) is 12.8 Å². The fraction of sp³-hybridized carbons (Fsp3) is 0.611. The molecule has 4 unspecified atom stereocenters. The van der Waals surface area contributed by atoms with Gasteiger partial charge in [0, 0.05) is 18.3 Å². The van der Waals surface area contributed by atoms with E-state index in [4.69, 9.17) is 21.7 Å². The van der Waals surface area contributed by atoms with Gasteiger partial charge in [-0.05, 0) is 32.7 Å². The fourth-order valence-electron chi connectivity index (χ4n) is 2.62. The van der Waals surface area contributed by atoms with E-state index in [0.29, 0.717) is 25.1 Å². The zero-order valence-electron chi connectivity index (χ0n) is 17.3. The third-order valence-corrected chi connectivity index (χ3v) is 4.40. The minimum atomic E-state index is -1.54. The molecule has 0 bridgehead atoms. The summed E-state index contributed by atoms with van der Waals surface area (Å²) in [5.41, 5.74) is 11.6. The lowest BCUT2D eigenvalue weighted by molar-refractivity contribution is -0.143. The van der Waals surface area contributed by atoms with Gasteiger partial charge >= 0.3 is 5.97 Å². The van der Waals surface area contributed by atoms with Gasteiger partial charge in [0.05, 0.1) is 19.0 Å². The average molecular weight is 441 g/mol. The predicted molar refractivity (Wildman–Crippen MR) is 109 cm³/mol. The Kier molecular flexibility index (Phi) is 11.2. The molecule has 0 aliphatic carbocycles. The number of aromatic amines is 1. The number of carbonyl (C=O) groups excluding carboxylic acids is 3. The van der Waals surface area contributed by atoms with E-state index in [1.54, 1.807) is 0 Å². The molecule has 0 aliphatic rings. The van der Waals surface area contributed by atoms with Gasteiger partial charge in [-0.1, -0.05) is 0 Å². The SMILES string of the molecule is CC(N)C(=O)NC(CCCCN)C(=O)NC(Cc1cnc[nH]1)C(=O)NC(CO)C(=O)O. The largest absolute Gasteiger partial charge is 0.480 e. The Morgan fingerprint density at radius 1 is 1.06 bits per heavy atom. The van der Waals surface area contributed by atoms with Gasteiger partial charge < -0.3 is 42.6 Å². The number of aliphatic hydroxyl groups is 1. The normalized spacial score (nSPS) is 14.7. The van der Waals surface area contributed by atoms with Gasteiger partial charge in [0.2, 0.25) is 17.7 Å². The second kappa shape index (κ2) is 13.3. The van der Waals surface area contributed by atoms with E-state index in [1.165, 1.54) is 19.4 Å². The maximum absolute atomic E-state index is 12.9. The lowest BCUT2D eigenvalue weighted by Crippen LogP contribution is -2.57. The molecule has 31 heavy (non-hydrogen) atoms. The number of unbranched alkanes of at least 4 members (excludes halogenated alkanes) is 1. The van der Waals surface area contributed by atoms with Crippen LogP contribution in [0.2, 0.25) is 0 Å². The number of amides is 3. The molecule has 1 aromatic heterocycles. The monoisotopic (exact) mass is 441 g/mol. The summed E-state index contributed by atoms with van der Waals surface area (Å²) in [7, 11) is 0. The lowest BCUT2D eigenvalue weighted by atomic mass is 10.1. The van der Waals surface area contributed by atoms with Crippen molar-refractivity contribution in [1.82, 2.24) is 25.9 Å². The maximum Gasteiger partial charge on any atom is 0.328 e. The van der Waals surface area contributed by atoms with Crippen LogP contribution < -0.4 is 27.4 Å². The molecule has 3 amide bonds. The van der Waals surface area contributed by atoms with Gasteiger partial charge in [0.15, 0.2) is 0 Å².